The first kappa shape index (κ1) is 15.8. The van der Waals surface area contributed by atoms with Crippen LogP contribution < -0.4 is 4.90 Å². The molecular weight excluding hydrogens is 342 g/mol. The second-order valence-corrected chi connectivity index (χ2v) is 6.88. The van der Waals surface area contributed by atoms with Crippen LogP contribution in [0.3, 0.4) is 0 Å². The van der Waals surface area contributed by atoms with Crippen LogP contribution in [0.4, 0.5) is 11.5 Å². The number of benzene rings is 1. The van der Waals surface area contributed by atoms with Crippen molar-refractivity contribution in [1.29, 1.82) is 0 Å². The molecule has 0 saturated heterocycles. The summed E-state index contributed by atoms with van der Waals surface area (Å²) < 4.78 is 1.79. The molecule has 0 bridgehead atoms. The smallest absolute Gasteiger partial charge is 0.269 e. The highest BCUT2D eigenvalue weighted by molar-refractivity contribution is 6.29. The van der Waals surface area contributed by atoms with Gasteiger partial charge in [-0.3, -0.25) is 10.1 Å². The molecule has 0 radical (unpaired) electrons. The molecule has 0 saturated carbocycles. The molecule has 4 rings (SSSR count). The van der Waals surface area contributed by atoms with E-state index < -0.39 is 0 Å². The molecule has 1 aliphatic rings. The number of anilines is 1. The molecule has 0 fully saturated rings. The number of non-ortho nitro benzene ring substituents is 1. The minimum absolute atomic E-state index is 0.111. The summed E-state index contributed by atoms with van der Waals surface area (Å²) in [7, 11) is 0. The highest BCUT2D eigenvalue weighted by Gasteiger charge is 2.25. The fraction of sp³-hybridized carbons (Fsp3) is 0.294. The number of halogens is 1. The van der Waals surface area contributed by atoms with E-state index in [0.29, 0.717) is 18.2 Å². The van der Waals surface area contributed by atoms with Gasteiger partial charge in [0, 0.05) is 36.9 Å². The Bertz CT molecular complexity index is 998. The molecule has 1 aliphatic heterocycles. The Balaban J connectivity index is 1.77. The molecule has 0 spiro atoms. The van der Waals surface area contributed by atoms with Gasteiger partial charge in [-0.1, -0.05) is 31.5 Å². The summed E-state index contributed by atoms with van der Waals surface area (Å²) in [5, 5.41) is 15.9. The highest BCUT2D eigenvalue weighted by atomic mass is 35.5. The molecule has 0 unspecified atom stereocenters. The molecule has 0 N–H and O–H groups in total. The Kier molecular flexibility index (Phi) is 3.61. The second kappa shape index (κ2) is 5.70. The normalized spacial score (nSPS) is 13.7. The van der Waals surface area contributed by atoms with Crippen molar-refractivity contribution in [2.75, 3.05) is 4.90 Å². The van der Waals surface area contributed by atoms with Crippen LogP contribution >= 0.6 is 11.6 Å². The summed E-state index contributed by atoms with van der Waals surface area (Å²) in [4.78, 5) is 17.2. The first-order chi connectivity index (χ1) is 11.9. The monoisotopic (exact) mass is 357 g/mol. The summed E-state index contributed by atoms with van der Waals surface area (Å²) in [6, 6.07) is 6.78. The zero-order chi connectivity index (χ0) is 17.7. The van der Waals surface area contributed by atoms with Gasteiger partial charge in [-0.25, -0.2) is 4.98 Å². The van der Waals surface area contributed by atoms with Crippen LogP contribution in [-0.4, -0.2) is 19.5 Å². The van der Waals surface area contributed by atoms with Crippen molar-refractivity contribution in [3.8, 4) is 0 Å². The van der Waals surface area contributed by atoms with Crippen molar-refractivity contribution in [1.82, 2.24) is 14.6 Å². The van der Waals surface area contributed by atoms with Crippen molar-refractivity contribution in [2.24, 2.45) is 0 Å². The topological polar surface area (TPSA) is 76.6 Å². The van der Waals surface area contributed by atoms with E-state index in [4.69, 9.17) is 11.6 Å². The van der Waals surface area contributed by atoms with E-state index in [1.165, 1.54) is 0 Å². The number of hydrogen-bond donors (Lipinski definition) is 0. The number of hydrogen-bond acceptors (Lipinski definition) is 5. The lowest BCUT2D eigenvalue weighted by Crippen LogP contribution is -2.18. The molecular formula is C17H16ClN5O2. The fourth-order valence-electron chi connectivity index (χ4n) is 3.22. The maximum atomic E-state index is 11.0. The molecule has 0 aliphatic carbocycles. The lowest BCUT2D eigenvalue weighted by atomic mass is 10.1. The Morgan fingerprint density at radius 2 is 2.00 bits per heavy atom. The molecule has 0 amide bonds. The quantitative estimate of drug-likeness (QED) is 0.403. The van der Waals surface area contributed by atoms with E-state index >= 15 is 0 Å². The molecule has 128 valence electrons. The SMILES string of the molecule is CC(C)c1cnn2c(N3Cc4ccc([N+](=O)[O-])cc4C3)cc(Cl)nc12. The standard InChI is InChI=1S/C17H16ClN5O2/c1-10(2)14-7-19-22-16(6-15(18)20-17(14)22)21-8-11-3-4-13(23(24)25)5-12(11)9-21/h3-7,10H,8-9H2,1-2H3. The third kappa shape index (κ3) is 2.60. The van der Waals surface area contributed by atoms with Crippen LogP contribution in [0.25, 0.3) is 5.65 Å². The van der Waals surface area contributed by atoms with Gasteiger partial charge in [-0.05, 0) is 17.0 Å². The zero-order valence-electron chi connectivity index (χ0n) is 13.8. The third-order valence-corrected chi connectivity index (χ3v) is 4.71. The average Bonchev–Trinajstić information content (AvgIpc) is 3.16. The molecule has 3 aromatic rings. The molecule has 8 heteroatoms. The predicted molar refractivity (Wildman–Crippen MR) is 95.1 cm³/mol. The van der Waals surface area contributed by atoms with E-state index in [1.807, 2.05) is 12.3 Å². The van der Waals surface area contributed by atoms with Gasteiger partial charge < -0.3 is 4.90 Å². The van der Waals surface area contributed by atoms with E-state index in [-0.39, 0.29) is 16.5 Å². The predicted octanol–water partition coefficient (Wildman–Crippen LogP) is 3.93. The van der Waals surface area contributed by atoms with Crippen LogP contribution in [0.2, 0.25) is 5.15 Å². The fourth-order valence-corrected chi connectivity index (χ4v) is 3.40. The third-order valence-electron chi connectivity index (χ3n) is 4.52. The van der Waals surface area contributed by atoms with Gasteiger partial charge in [-0.2, -0.15) is 9.61 Å². The van der Waals surface area contributed by atoms with Crippen LogP contribution in [-0.2, 0) is 13.1 Å². The van der Waals surface area contributed by atoms with Gasteiger partial charge >= 0.3 is 0 Å². The molecule has 3 heterocycles. The largest absolute Gasteiger partial charge is 0.348 e. The first-order valence-corrected chi connectivity index (χ1v) is 8.37. The minimum atomic E-state index is -0.368. The molecule has 2 aromatic heterocycles. The lowest BCUT2D eigenvalue weighted by Gasteiger charge is -2.19. The number of nitrogens with zero attached hydrogens (tertiary/aromatic N) is 5. The van der Waals surface area contributed by atoms with E-state index in [0.717, 1.165) is 28.2 Å². The zero-order valence-corrected chi connectivity index (χ0v) is 14.6. The first-order valence-electron chi connectivity index (χ1n) is 7.99. The number of aromatic nitrogens is 3. The van der Waals surface area contributed by atoms with Crippen LogP contribution in [0, 0.1) is 10.1 Å². The number of fused-ring (bicyclic) bond motifs is 2. The Morgan fingerprint density at radius 3 is 2.72 bits per heavy atom. The lowest BCUT2D eigenvalue weighted by molar-refractivity contribution is -0.384. The second-order valence-electron chi connectivity index (χ2n) is 6.49. The maximum absolute atomic E-state index is 11.0. The van der Waals surface area contributed by atoms with Gasteiger partial charge in [0.2, 0.25) is 0 Å². The van der Waals surface area contributed by atoms with E-state index in [9.17, 15) is 10.1 Å². The highest BCUT2D eigenvalue weighted by Crippen LogP contribution is 2.33. The van der Waals surface area contributed by atoms with Crippen LogP contribution in [0.15, 0.2) is 30.5 Å². The van der Waals surface area contributed by atoms with Gasteiger partial charge in [0.15, 0.2) is 5.65 Å². The van der Waals surface area contributed by atoms with Crippen LogP contribution in [0.5, 0.6) is 0 Å². The Hall–Kier alpha value is -2.67. The maximum Gasteiger partial charge on any atom is 0.269 e. The van der Waals surface area contributed by atoms with Crippen molar-refractivity contribution < 1.29 is 4.92 Å². The van der Waals surface area contributed by atoms with Crippen molar-refractivity contribution in [2.45, 2.75) is 32.9 Å². The summed E-state index contributed by atoms with van der Waals surface area (Å²) in [6.45, 7) is 5.40. The minimum Gasteiger partial charge on any atom is -0.348 e. The van der Waals surface area contributed by atoms with Crippen LogP contribution in [0.1, 0.15) is 36.5 Å². The number of nitro benzene ring substituents is 1. The van der Waals surface area contributed by atoms with Crippen molar-refractivity contribution in [3.05, 3.63) is 62.4 Å². The van der Waals surface area contributed by atoms with E-state index in [1.54, 1.807) is 22.7 Å². The summed E-state index contributed by atoms with van der Waals surface area (Å²) in [6.07, 6.45) is 1.82. The van der Waals surface area contributed by atoms with Crippen molar-refractivity contribution >= 4 is 28.8 Å². The van der Waals surface area contributed by atoms with Gasteiger partial charge in [0.25, 0.3) is 5.69 Å². The summed E-state index contributed by atoms with van der Waals surface area (Å²) in [5.74, 6) is 1.12. The molecule has 0 atom stereocenters. The van der Waals surface area contributed by atoms with Gasteiger partial charge in [0.1, 0.15) is 11.0 Å². The van der Waals surface area contributed by atoms with Crippen molar-refractivity contribution in [3.63, 3.8) is 0 Å². The Labute approximate surface area is 149 Å². The molecule has 1 aromatic carbocycles. The number of nitro groups is 1. The van der Waals surface area contributed by atoms with E-state index in [2.05, 4.69) is 28.8 Å². The summed E-state index contributed by atoms with van der Waals surface area (Å²) >= 11 is 6.25. The average molecular weight is 358 g/mol. The molecule has 25 heavy (non-hydrogen) atoms. The van der Waals surface area contributed by atoms with Gasteiger partial charge in [0.05, 0.1) is 11.1 Å². The number of rotatable bonds is 3. The Morgan fingerprint density at radius 1 is 1.24 bits per heavy atom. The molecule has 7 nitrogen and oxygen atoms in total. The summed E-state index contributed by atoms with van der Waals surface area (Å²) in [5.41, 5.74) is 3.92. The van der Waals surface area contributed by atoms with Gasteiger partial charge in [-0.15, -0.1) is 0 Å².